The molecule has 1 aliphatic carbocycles. The summed E-state index contributed by atoms with van der Waals surface area (Å²) in [4.78, 5) is 21.6. The van der Waals surface area contributed by atoms with Crippen molar-refractivity contribution in [2.45, 2.75) is 13.8 Å². The second-order valence-corrected chi connectivity index (χ2v) is 4.58. The molecule has 0 radical (unpaired) electrons. The van der Waals surface area contributed by atoms with Crippen molar-refractivity contribution in [1.29, 1.82) is 0 Å². The van der Waals surface area contributed by atoms with E-state index in [9.17, 15) is 23.1 Å². The summed E-state index contributed by atoms with van der Waals surface area (Å²) in [5, 5.41) is 17.5. The lowest BCUT2D eigenvalue weighted by Gasteiger charge is -2.15. The van der Waals surface area contributed by atoms with Gasteiger partial charge in [-0.25, -0.2) is 5.26 Å². The Balaban J connectivity index is 3.61. The molecule has 8 heteroatoms. The van der Waals surface area contributed by atoms with Gasteiger partial charge >= 0.3 is 10.1 Å². The molecule has 0 aromatic heterocycles. The van der Waals surface area contributed by atoms with Crippen LogP contribution in [-0.2, 0) is 24.0 Å². The van der Waals surface area contributed by atoms with E-state index >= 15 is 0 Å². The predicted octanol–water partition coefficient (Wildman–Crippen LogP) is 0.0636. The molecule has 0 atom stereocenters. The molecule has 0 aromatic carbocycles. The van der Waals surface area contributed by atoms with Crippen molar-refractivity contribution < 1.29 is 32.7 Å². The standard InChI is InChI=1S/C8H8O7S/c1-3-5(9)4(2)8(7(11)6(3)10)16(13,14)15-12/h9,12H,1-2H3. The van der Waals surface area contributed by atoms with Gasteiger partial charge in [0, 0.05) is 11.1 Å². The van der Waals surface area contributed by atoms with Gasteiger partial charge in [0.25, 0.3) is 0 Å². The van der Waals surface area contributed by atoms with Gasteiger partial charge in [0.1, 0.15) is 5.76 Å². The average molecular weight is 248 g/mol. The third-order valence-corrected chi connectivity index (χ3v) is 3.34. The fraction of sp³-hybridized carbons (Fsp3) is 0.250. The molecule has 0 aromatic rings. The molecule has 16 heavy (non-hydrogen) atoms. The lowest BCUT2D eigenvalue weighted by atomic mass is 9.97. The Morgan fingerprint density at radius 2 is 1.56 bits per heavy atom. The van der Waals surface area contributed by atoms with E-state index in [2.05, 4.69) is 4.33 Å². The maximum absolute atomic E-state index is 11.4. The van der Waals surface area contributed by atoms with Gasteiger partial charge in [0.2, 0.25) is 11.6 Å². The van der Waals surface area contributed by atoms with Crippen LogP contribution >= 0.6 is 0 Å². The fourth-order valence-corrected chi connectivity index (χ4v) is 2.14. The molecule has 88 valence electrons. The van der Waals surface area contributed by atoms with Crippen molar-refractivity contribution >= 4 is 21.7 Å². The molecular weight excluding hydrogens is 240 g/mol. The normalized spacial score (nSPS) is 18.4. The zero-order chi connectivity index (χ0) is 12.7. The van der Waals surface area contributed by atoms with Crippen LogP contribution in [-0.4, -0.2) is 30.3 Å². The second kappa shape index (κ2) is 3.81. The first-order valence-corrected chi connectivity index (χ1v) is 5.43. The maximum Gasteiger partial charge on any atom is 0.327 e. The van der Waals surface area contributed by atoms with Crippen molar-refractivity contribution in [3.8, 4) is 0 Å². The molecule has 0 heterocycles. The molecule has 1 rings (SSSR count). The van der Waals surface area contributed by atoms with Gasteiger partial charge in [-0.15, -0.1) is 4.33 Å². The first-order chi connectivity index (χ1) is 7.24. The molecular formula is C8H8O7S. The second-order valence-electron chi connectivity index (χ2n) is 3.11. The van der Waals surface area contributed by atoms with E-state index in [0.29, 0.717) is 0 Å². The Labute approximate surface area is 90.7 Å². The quantitative estimate of drug-likeness (QED) is 0.307. The van der Waals surface area contributed by atoms with E-state index in [1.54, 1.807) is 0 Å². The minimum Gasteiger partial charge on any atom is -0.507 e. The third-order valence-electron chi connectivity index (χ3n) is 2.15. The SMILES string of the molecule is CC1=C(O)C(C)=C(S(=O)(=O)OO)C(=O)C1=O. The molecule has 0 saturated heterocycles. The number of allylic oxidation sites excluding steroid dienone is 3. The average Bonchev–Trinajstić information content (AvgIpc) is 2.23. The third kappa shape index (κ3) is 1.66. The van der Waals surface area contributed by atoms with Crippen molar-refractivity contribution in [1.82, 2.24) is 0 Å². The first kappa shape index (κ1) is 12.6. The summed E-state index contributed by atoms with van der Waals surface area (Å²) in [5.74, 6) is -3.11. The van der Waals surface area contributed by atoms with E-state index in [0.717, 1.165) is 6.92 Å². The predicted molar refractivity (Wildman–Crippen MR) is 50.7 cm³/mol. The monoisotopic (exact) mass is 248 g/mol. The van der Waals surface area contributed by atoms with Crippen LogP contribution in [0.5, 0.6) is 0 Å². The van der Waals surface area contributed by atoms with Crippen molar-refractivity contribution in [3.63, 3.8) is 0 Å². The van der Waals surface area contributed by atoms with Crippen LogP contribution in [0, 0.1) is 0 Å². The number of carbonyl (C=O) groups excluding carboxylic acids is 2. The summed E-state index contributed by atoms with van der Waals surface area (Å²) < 4.78 is 25.4. The Morgan fingerprint density at radius 1 is 1.06 bits per heavy atom. The van der Waals surface area contributed by atoms with E-state index < -0.39 is 32.3 Å². The Kier molecular flexibility index (Phi) is 2.99. The minimum atomic E-state index is -4.74. The number of aliphatic hydroxyl groups is 1. The van der Waals surface area contributed by atoms with E-state index in [1.165, 1.54) is 6.92 Å². The van der Waals surface area contributed by atoms with Crippen molar-refractivity contribution in [2.75, 3.05) is 0 Å². The van der Waals surface area contributed by atoms with Crippen LogP contribution < -0.4 is 0 Å². The molecule has 7 nitrogen and oxygen atoms in total. The smallest absolute Gasteiger partial charge is 0.327 e. The molecule has 0 spiro atoms. The number of aliphatic hydroxyl groups excluding tert-OH is 1. The highest BCUT2D eigenvalue weighted by Gasteiger charge is 2.39. The highest BCUT2D eigenvalue weighted by atomic mass is 32.2. The van der Waals surface area contributed by atoms with Gasteiger partial charge in [-0.05, 0) is 13.8 Å². The lowest BCUT2D eigenvalue weighted by Crippen LogP contribution is -2.29. The first-order valence-electron chi connectivity index (χ1n) is 4.02. The minimum absolute atomic E-state index is 0.251. The van der Waals surface area contributed by atoms with Gasteiger partial charge in [0.15, 0.2) is 4.91 Å². The van der Waals surface area contributed by atoms with Gasteiger partial charge < -0.3 is 5.11 Å². The molecule has 1 aliphatic rings. The largest absolute Gasteiger partial charge is 0.507 e. The van der Waals surface area contributed by atoms with Gasteiger partial charge in [-0.3, -0.25) is 9.59 Å². The van der Waals surface area contributed by atoms with Crippen LogP contribution in [0.4, 0.5) is 0 Å². The summed E-state index contributed by atoms with van der Waals surface area (Å²) in [6.07, 6.45) is 0. The van der Waals surface area contributed by atoms with E-state index in [1.807, 2.05) is 0 Å². The maximum atomic E-state index is 11.4. The van der Waals surface area contributed by atoms with Crippen molar-refractivity contribution in [2.24, 2.45) is 0 Å². The Hall–Kier alpha value is -1.51. The van der Waals surface area contributed by atoms with Gasteiger partial charge in [-0.2, -0.15) is 8.42 Å². The number of carbonyl (C=O) groups is 2. The van der Waals surface area contributed by atoms with Crippen molar-refractivity contribution in [3.05, 3.63) is 21.8 Å². The molecule has 0 unspecified atom stereocenters. The van der Waals surface area contributed by atoms with Gasteiger partial charge in [-0.1, -0.05) is 0 Å². The summed E-state index contributed by atoms with van der Waals surface area (Å²) in [6, 6.07) is 0. The number of hydrogen-bond donors (Lipinski definition) is 2. The van der Waals surface area contributed by atoms with E-state index in [-0.39, 0.29) is 11.1 Å². The Bertz CT molecular complexity index is 535. The summed E-state index contributed by atoms with van der Waals surface area (Å²) in [6.45, 7) is 2.30. The summed E-state index contributed by atoms with van der Waals surface area (Å²) >= 11 is 0. The van der Waals surface area contributed by atoms with Gasteiger partial charge in [0.05, 0.1) is 0 Å². The molecule has 0 bridgehead atoms. The molecule has 0 saturated carbocycles. The van der Waals surface area contributed by atoms with Crippen LogP contribution in [0.15, 0.2) is 21.8 Å². The molecule has 0 amide bonds. The Morgan fingerprint density at radius 3 is 2.00 bits per heavy atom. The lowest BCUT2D eigenvalue weighted by molar-refractivity contribution is -0.135. The topological polar surface area (TPSA) is 118 Å². The molecule has 0 fully saturated rings. The summed E-state index contributed by atoms with van der Waals surface area (Å²) in [7, 11) is -4.74. The fourth-order valence-electron chi connectivity index (χ4n) is 1.28. The number of Topliss-reactive ketones (excluding diaryl/α,β-unsaturated/α-hetero) is 2. The molecule has 2 N–H and O–H groups in total. The zero-order valence-corrected chi connectivity index (χ0v) is 9.16. The van der Waals surface area contributed by atoms with Crippen LogP contribution in [0.25, 0.3) is 0 Å². The zero-order valence-electron chi connectivity index (χ0n) is 8.34. The summed E-state index contributed by atoms with van der Waals surface area (Å²) in [5.41, 5.74) is -0.587. The number of hydrogen-bond acceptors (Lipinski definition) is 7. The van der Waals surface area contributed by atoms with Crippen LogP contribution in [0.1, 0.15) is 13.8 Å². The van der Waals surface area contributed by atoms with Crippen LogP contribution in [0.2, 0.25) is 0 Å². The van der Waals surface area contributed by atoms with Crippen LogP contribution in [0.3, 0.4) is 0 Å². The number of ketones is 2. The molecule has 0 aliphatic heterocycles. The number of rotatable bonds is 2. The highest BCUT2D eigenvalue weighted by Crippen LogP contribution is 2.27. The highest BCUT2D eigenvalue weighted by molar-refractivity contribution is 7.91. The van der Waals surface area contributed by atoms with E-state index in [4.69, 9.17) is 5.26 Å².